The van der Waals surface area contributed by atoms with Gasteiger partial charge < -0.3 is 5.32 Å². The SMILES string of the molecule is Cc1cc(-c2ccc(Nc3nccc4cc(-c5ccccc5F)ncc34)cc2)ccn1. The highest BCUT2D eigenvalue weighted by atomic mass is 19.1. The minimum absolute atomic E-state index is 0.286. The maximum absolute atomic E-state index is 14.2. The summed E-state index contributed by atoms with van der Waals surface area (Å²) in [4.78, 5) is 13.2. The number of rotatable bonds is 4. The summed E-state index contributed by atoms with van der Waals surface area (Å²) in [7, 11) is 0. The molecule has 0 aliphatic heterocycles. The lowest BCUT2D eigenvalue weighted by Gasteiger charge is -2.11. The zero-order valence-electron chi connectivity index (χ0n) is 16.9. The van der Waals surface area contributed by atoms with Gasteiger partial charge in [0.25, 0.3) is 0 Å². The van der Waals surface area contributed by atoms with Crippen molar-refractivity contribution in [2.75, 3.05) is 5.32 Å². The van der Waals surface area contributed by atoms with Crippen LogP contribution in [0.1, 0.15) is 5.69 Å². The molecule has 0 radical (unpaired) electrons. The van der Waals surface area contributed by atoms with Crippen LogP contribution in [-0.2, 0) is 0 Å². The summed E-state index contributed by atoms with van der Waals surface area (Å²) in [5.41, 5.74) is 5.25. The van der Waals surface area contributed by atoms with Crippen molar-refractivity contribution in [3.8, 4) is 22.4 Å². The fraction of sp³-hybridized carbons (Fsp3) is 0.0385. The van der Waals surface area contributed by atoms with Gasteiger partial charge >= 0.3 is 0 Å². The van der Waals surface area contributed by atoms with E-state index in [1.165, 1.54) is 6.07 Å². The lowest BCUT2D eigenvalue weighted by atomic mass is 10.1. The first-order chi connectivity index (χ1) is 15.2. The van der Waals surface area contributed by atoms with Crippen LogP contribution in [0, 0.1) is 12.7 Å². The van der Waals surface area contributed by atoms with Crippen molar-refractivity contribution in [2.45, 2.75) is 6.92 Å². The molecular weight excluding hydrogens is 387 g/mol. The van der Waals surface area contributed by atoms with Gasteiger partial charge in [0.2, 0.25) is 0 Å². The largest absolute Gasteiger partial charge is 0.340 e. The molecule has 31 heavy (non-hydrogen) atoms. The predicted molar refractivity (Wildman–Crippen MR) is 123 cm³/mol. The van der Waals surface area contributed by atoms with Crippen molar-refractivity contribution in [1.82, 2.24) is 15.0 Å². The van der Waals surface area contributed by atoms with Crippen molar-refractivity contribution in [1.29, 1.82) is 0 Å². The van der Waals surface area contributed by atoms with Crippen LogP contribution in [0.4, 0.5) is 15.9 Å². The zero-order chi connectivity index (χ0) is 21.2. The highest BCUT2D eigenvalue weighted by molar-refractivity contribution is 5.94. The van der Waals surface area contributed by atoms with E-state index in [4.69, 9.17) is 0 Å². The average molecular weight is 406 g/mol. The summed E-state index contributed by atoms with van der Waals surface area (Å²) < 4.78 is 14.2. The third kappa shape index (κ3) is 3.85. The van der Waals surface area contributed by atoms with Crippen LogP contribution in [0.5, 0.6) is 0 Å². The number of aryl methyl sites for hydroxylation is 1. The van der Waals surface area contributed by atoms with E-state index in [2.05, 4.69) is 38.5 Å². The van der Waals surface area contributed by atoms with E-state index in [1.54, 1.807) is 30.6 Å². The zero-order valence-corrected chi connectivity index (χ0v) is 16.9. The summed E-state index contributed by atoms with van der Waals surface area (Å²) in [5.74, 6) is 0.420. The van der Waals surface area contributed by atoms with Crippen molar-refractivity contribution in [3.63, 3.8) is 0 Å². The molecule has 3 aromatic heterocycles. The third-order valence-corrected chi connectivity index (χ3v) is 5.18. The Balaban J connectivity index is 1.45. The van der Waals surface area contributed by atoms with E-state index in [1.807, 2.05) is 43.5 Å². The van der Waals surface area contributed by atoms with Gasteiger partial charge in [0.15, 0.2) is 0 Å². The maximum Gasteiger partial charge on any atom is 0.139 e. The van der Waals surface area contributed by atoms with Crippen LogP contribution in [0.15, 0.2) is 91.4 Å². The molecule has 0 fully saturated rings. The van der Waals surface area contributed by atoms with E-state index in [9.17, 15) is 4.39 Å². The number of anilines is 2. The Morgan fingerprint density at radius 2 is 1.58 bits per heavy atom. The molecular formula is C26H19FN4. The van der Waals surface area contributed by atoms with Crippen LogP contribution in [-0.4, -0.2) is 15.0 Å². The standard InChI is InChI=1S/C26H19FN4/c1-17-14-19(10-12-28-17)18-6-8-21(9-7-18)31-26-23-16-30-25(15-20(23)11-13-29-26)22-4-2-3-5-24(22)27/h2-16H,1H3,(H,29,31). The van der Waals surface area contributed by atoms with E-state index in [0.717, 1.165) is 33.3 Å². The molecule has 150 valence electrons. The minimum atomic E-state index is -0.286. The minimum Gasteiger partial charge on any atom is -0.340 e. The molecule has 5 aromatic rings. The van der Waals surface area contributed by atoms with Gasteiger partial charge in [-0.15, -0.1) is 0 Å². The summed E-state index contributed by atoms with van der Waals surface area (Å²) in [5, 5.41) is 5.18. The molecule has 3 heterocycles. The first-order valence-corrected chi connectivity index (χ1v) is 9.97. The second-order valence-electron chi connectivity index (χ2n) is 7.32. The molecule has 5 heteroatoms. The summed E-state index contributed by atoms with van der Waals surface area (Å²) in [6.07, 6.45) is 5.30. The Kier molecular flexibility index (Phi) is 4.84. The van der Waals surface area contributed by atoms with Crippen LogP contribution in [0.25, 0.3) is 33.2 Å². The monoisotopic (exact) mass is 406 g/mol. The number of hydrogen-bond acceptors (Lipinski definition) is 4. The topological polar surface area (TPSA) is 50.7 Å². The Morgan fingerprint density at radius 1 is 0.774 bits per heavy atom. The molecule has 0 amide bonds. The molecule has 5 rings (SSSR count). The molecule has 0 saturated carbocycles. The number of halogens is 1. The van der Waals surface area contributed by atoms with Gasteiger partial charge in [0.1, 0.15) is 11.6 Å². The Labute approximate surface area is 179 Å². The molecule has 0 unspecified atom stereocenters. The van der Waals surface area contributed by atoms with Gasteiger partial charge in [-0.25, -0.2) is 9.37 Å². The predicted octanol–water partition coefficient (Wildman–Crippen LogP) is 6.55. The summed E-state index contributed by atoms with van der Waals surface area (Å²) >= 11 is 0. The number of nitrogens with zero attached hydrogens (tertiary/aromatic N) is 3. The third-order valence-electron chi connectivity index (χ3n) is 5.18. The quantitative estimate of drug-likeness (QED) is 0.368. The second kappa shape index (κ2) is 7.95. The lowest BCUT2D eigenvalue weighted by molar-refractivity contribution is 0.631. The van der Waals surface area contributed by atoms with Gasteiger partial charge in [-0.2, -0.15) is 0 Å². The molecule has 0 saturated heterocycles. The number of benzene rings is 2. The highest BCUT2D eigenvalue weighted by Crippen LogP contribution is 2.29. The number of hydrogen-bond donors (Lipinski definition) is 1. The normalized spacial score (nSPS) is 10.9. The molecule has 2 aromatic carbocycles. The van der Waals surface area contributed by atoms with Crippen LogP contribution in [0.3, 0.4) is 0 Å². The number of nitrogens with one attached hydrogen (secondary N) is 1. The molecule has 0 aliphatic rings. The van der Waals surface area contributed by atoms with Crippen molar-refractivity contribution < 1.29 is 4.39 Å². The first kappa shape index (κ1) is 18.9. The van der Waals surface area contributed by atoms with Crippen molar-refractivity contribution in [2.24, 2.45) is 0 Å². The van der Waals surface area contributed by atoms with Gasteiger partial charge in [0, 0.05) is 40.9 Å². The maximum atomic E-state index is 14.2. The average Bonchev–Trinajstić information content (AvgIpc) is 2.80. The van der Waals surface area contributed by atoms with Crippen LogP contribution >= 0.6 is 0 Å². The van der Waals surface area contributed by atoms with Gasteiger partial charge in [-0.1, -0.05) is 24.3 Å². The Bertz CT molecular complexity index is 1380. The van der Waals surface area contributed by atoms with Gasteiger partial charge in [-0.3, -0.25) is 9.97 Å². The summed E-state index contributed by atoms with van der Waals surface area (Å²) in [6.45, 7) is 1.98. The molecule has 0 aliphatic carbocycles. The smallest absolute Gasteiger partial charge is 0.139 e. The molecule has 1 N–H and O–H groups in total. The second-order valence-corrected chi connectivity index (χ2v) is 7.32. The molecule has 0 atom stereocenters. The van der Waals surface area contributed by atoms with Gasteiger partial charge in [0.05, 0.1) is 5.69 Å². The Morgan fingerprint density at radius 3 is 2.39 bits per heavy atom. The fourth-order valence-corrected chi connectivity index (χ4v) is 3.59. The van der Waals surface area contributed by atoms with E-state index >= 15 is 0 Å². The Hall–Kier alpha value is -4.12. The van der Waals surface area contributed by atoms with Crippen LogP contribution < -0.4 is 5.32 Å². The van der Waals surface area contributed by atoms with Crippen LogP contribution in [0.2, 0.25) is 0 Å². The fourth-order valence-electron chi connectivity index (χ4n) is 3.59. The number of fused-ring (bicyclic) bond motifs is 1. The highest BCUT2D eigenvalue weighted by Gasteiger charge is 2.09. The van der Waals surface area contributed by atoms with E-state index in [0.29, 0.717) is 17.1 Å². The van der Waals surface area contributed by atoms with E-state index in [-0.39, 0.29) is 5.82 Å². The lowest BCUT2D eigenvalue weighted by Crippen LogP contribution is -1.96. The van der Waals surface area contributed by atoms with Crippen molar-refractivity contribution >= 4 is 22.3 Å². The van der Waals surface area contributed by atoms with Crippen molar-refractivity contribution in [3.05, 3.63) is 103 Å². The molecule has 0 bridgehead atoms. The number of aromatic nitrogens is 3. The van der Waals surface area contributed by atoms with Gasteiger partial charge in [-0.05, 0) is 72.0 Å². The molecule has 4 nitrogen and oxygen atoms in total. The first-order valence-electron chi connectivity index (χ1n) is 9.97. The molecule has 0 spiro atoms. The summed E-state index contributed by atoms with van der Waals surface area (Å²) in [6, 6.07) is 22.7. The number of pyridine rings is 3. The van der Waals surface area contributed by atoms with E-state index < -0.39 is 0 Å².